The molecule has 0 aliphatic carbocycles. The van der Waals surface area contributed by atoms with E-state index in [1.807, 2.05) is 0 Å². The van der Waals surface area contributed by atoms with E-state index in [4.69, 9.17) is 9.84 Å². The van der Waals surface area contributed by atoms with Gasteiger partial charge in [-0.1, -0.05) is 0 Å². The van der Waals surface area contributed by atoms with Crippen molar-refractivity contribution in [2.24, 2.45) is 5.92 Å². The van der Waals surface area contributed by atoms with E-state index < -0.39 is 23.8 Å². The van der Waals surface area contributed by atoms with Crippen LogP contribution in [-0.4, -0.2) is 46.9 Å². The molecule has 1 N–H and O–H groups in total. The Morgan fingerprint density at radius 2 is 2.11 bits per heavy atom. The molecule has 1 aliphatic rings. The van der Waals surface area contributed by atoms with Crippen molar-refractivity contribution in [1.29, 1.82) is 0 Å². The highest BCUT2D eigenvalue weighted by Gasteiger charge is 2.30. The Morgan fingerprint density at radius 1 is 1.47 bits per heavy atom. The van der Waals surface area contributed by atoms with E-state index in [-0.39, 0.29) is 12.3 Å². The van der Waals surface area contributed by atoms with Crippen molar-refractivity contribution in [3.8, 4) is 0 Å². The molecule has 6 heteroatoms. The number of carbonyl (C=O) groups excluding carboxylic acids is 1. The number of carbonyl (C=O) groups is 2. The van der Waals surface area contributed by atoms with E-state index in [0.29, 0.717) is 13.1 Å². The van der Waals surface area contributed by atoms with Crippen molar-refractivity contribution in [2.75, 3.05) is 13.1 Å². The highest BCUT2D eigenvalue weighted by molar-refractivity contribution is 5.72. The lowest BCUT2D eigenvalue weighted by Gasteiger charge is -2.34. The SMILES string of the molecule is CC(C)(C)OC(=O)N1CCCC(CC(F)C(=O)O)C1. The van der Waals surface area contributed by atoms with Gasteiger partial charge in [0, 0.05) is 13.1 Å². The fraction of sp³-hybridized carbons (Fsp3) is 0.846. The molecule has 1 heterocycles. The summed E-state index contributed by atoms with van der Waals surface area (Å²) in [6.45, 7) is 6.30. The van der Waals surface area contributed by atoms with Crippen molar-refractivity contribution in [3.05, 3.63) is 0 Å². The predicted octanol–water partition coefficient (Wildman–Crippen LogP) is 2.45. The molecule has 1 fully saturated rings. The fourth-order valence-electron chi connectivity index (χ4n) is 2.14. The maximum absolute atomic E-state index is 13.2. The first-order chi connectivity index (χ1) is 8.69. The summed E-state index contributed by atoms with van der Waals surface area (Å²) in [5.74, 6) is -1.55. The Morgan fingerprint density at radius 3 is 2.63 bits per heavy atom. The van der Waals surface area contributed by atoms with E-state index in [2.05, 4.69) is 0 Å². The molecule has 0 aromatic heterocycles. The molecule has 1 rings (SSSR count). The van der Waals surface area contributed by atoms with Gasteiger partial charge in [0.25, 0.3) is 0 Å². The first-order valence-corrected chi connectivity index (χ1v) is 6.54. The Bertz CT molecular complexity index is 340. The number of piperidine rings is 1. The third-order valence-electron chi connectivity index (χ3n) is 2.98. The third kappa shape index (κ3) is 5.44. The number of hydrogen-bond donors (Lipinski definition) is 1. The molecule has 0 spiro atoms. The van der Waals surface area contributed by atoms with Crippen LogP contribution in [0.25, 0.3) is 0 Å². The summed E-state index contributed by atoms with van der Waals surface area (Å²) in [5, 5.41) is 8.56. The molecule has 1 aliphatic heterocycles. The van der Waals surface area contributed by atoms with Crippen LogP contribution in [0.2, 0.25) is 0 Å². The molecule has 0 bridgehead atoms. The summed E-state index contributed by atoms with van der Waals surface area (Å²) in [5.41, 5.74) is -0.562. The zero-order chi connectivity index (χ0) is 14.6. The van der Waals surface area contributed by atoms with Gasteiger partial charge in [-0.25, -0.2) is 14.0 Å². The standard InChI is InChI=1S/C13H22FNO4/c1-13(2,3)19-12(18)15-6-4-5-9(8-15)7-10(14)11(16)17/h9-10H,4-8H2,1-3H3,(H,16,17). The summed E-state index contributed by atoms with van der Waals surface area (Å²) < 4.78 is 18.4. The van der Waals surface area contributed by atoms with Gasteiger partial charge in [0.2, 0.25) is 0 Å². The van der Waals surface area contributed by atoms with Gasteiger partial charge in [0.1, 0.15) is 5.60 Å². The minimum absolute atomic E-state index is 0.0470. The second-order valence-corrected chi connectivity index (χ2v) is 5.98. The lowest BCUT2D eigenvalue weighted by molar-refractivity contribution is -0.143. The molecule has 5 nitrogen and oxygen atoms in total. The highest BCUT2D eigenvalue weighted by atomic mass is 19.1. The number of likely N-dealkylation sites (tertiary alicyclic amines) is 1. The molecule has 1 amide bonds. The lowest BCUT2D eigenvalue weighted by atomic mass is 9.93. The van der Waals surface area contributed by atoms with Gasteiger partial charge in [-0.05, 0) is 46.0 Å². The maximum Gasteiger partial charge on any atom is 0.410 e. The van der Waals surface area contributed by atoms with Crippen LogP contribution in [0.3, 0.4) is 0 Å². The monoisotopic (exact) mass is 275 g/mol. The van der Waals surface area contributed by atoms with Crippen LogP contribution in [0.5, 0.6) is 0 Å². The number of carboxylic acids is 1. The van der Waals surface area contributed by atoms with Gasteiger partial charge >= 0.3 is 12.1 Å². The second-order valence-electron chi connectivity index (χ2n) is 5.98. The topological polar surface area (TPSA) is 66.8 Å². The van der Waals surface area contributed by atoms with Crippen molar-refractivity contribution in [1.82, 2.24) is 4.90 Å². The normalized spacial score (nSPS) is 21.9. The van der Waals surface area contributed by atoms with Gasteiger partial charge < -0.3 is 14.7 Å². The number of halogens is 1. The summed E-state index contributed by atoms with van der Waals surface area (Å²) in [7, 11) is 0. The summed E-state index contributed by atoms with van der Waals surface area (Å²) >= 11 is 0. The molecular formula is C13H22FNO4. The van der Waals surface area contributed by atoms with Crippen LogP contribution >= 0.6 is 0 Å². The Balaban J connectivity index is 2.50. The van der Waals surface area contributed by atoms with Crippen molar-refractivity contribution >= 4 is 12.1 Å². The molecule has 2 atom stereocenters. The minimum atomic E-state index is -1.86. The van der Waals surface area contributed by atoms with Gasteiger partial charge in [0.05, 0.1) is 0 Å². The molecular weight excluding hydrogens is 253 g/mol. The van der Waals surface area contributed by atoms with E-state index in [1.165, 1.54) is 4.90 Å². The predicted molar refractivity (Wildman–Crippen MR) is 67.7 cm³/mol. The number of alkyl halides is 1. The molecule has 0 aromatic carbocycles. The quantitative estimate of drug-likeness (QED) is 0.859. The second kappa shape index (κ2) is 6.21. The highest BCUT2D eigenvalue weighted by Crippen LogP contribution is 2.23. The molecule has 1 saturated heterocycles. The number of nitrogens with zero attached hydrogens (tertiary/aromatic N) is 1. The maximum atomic E-state index is 13.2. The Labute approximate surface area is 112 Å². The van der Waals surface area contributed by atoms with Crippen molar-refractivity contribution in [2.45, 2.75) is 51.8 Å². The van der Waals surface area contributed by atoms with Crippen LogP contribution in [0, 0.1) is 5.92 Å². The first-order valence-electron chi connectivity index (χ1n) is 6.54. The van der Waals surface area contributed by atoms with E-state index in [1.54, 1.807) is 20.8 Å². The van der Waals surface area contributed by atoms with E-state index >= 15 is 0 Å². The zero-order valence-electron chi connectivity index (χ0n) is 11.7. The molecule has 0 saturated carbocycles. The molecule has 110 valence electrons. The number of carboxylic acid groups (broad SMARTS) is 1. The molecule has 19 heavy (non-hydrogen) atoms. The smallest absolute Gasteiger partial charge is 0.410 e. The van der Waals surface area contributed by atoms with Gasteiger partial charge in [-0.3, -0.25) is 0 Å². The number of amides is 1. The zero-order valence-corrected chi connectivity index (χ0v) is 11.7. The number of hydrogen-bond acceptors (Lipinski definition) is 3. The minimum Gasteiger partial charge on any atom is -0.479 e. The largest absolute Gasteiger partial charge is 0.479 e. The van der Waals surface area contributed by atoms with Crippen LogP contribution in [0.1, 0.15) is 40.0 Å². The van der Waals surface area contributed by atoms with Gasteiger partial charge in [0.15, 0.2) is 6.17 Å². The molecule has 2 unspecified atom stereocenters. The average molecular weight is 275 g/mol. The molecule has 0 aromatic rings. The van der Waals surface area contributed by atoms with E-state index in [0.717, 1.165) is 12.8 Å². The third-order valence-corrected chi connectivity index (χ3v) is 2.98. The Hall–Kier alpha value is -1.33. The lowest BCUT2D eigenvalue weighted by Crippen LogP contribution is -2.43. The fourth-order valence-corrected chi connectivity index (χ4v) is 2.14. The average Bonchev–Trinajstić information content (AvgIpc) is 2.27. The number of rotatable bonds is 3. The van der Waals surface area contributed by atoms with Crippen LogP contribution < -0.4 is 0 Å². The summed E-state index contributed by atoms with van der Waals surface area (Å²) in [6.07, 6.45) is -0.829. The number of ether oxygens (including phenoxy) is 1. The first kappa shape index (κ1) is 15.7. The summed E-state index contributed by atoms with van der Waals surface area (Å²) in [6, 6.07) is 0. The van der Waals surface area contributed by atoms with Gasteiger partial charge in [-0.15, -0.1) is 0 Å². The van der Waals surface area contributed by atoms with Crippen LogP contribution in [0.15, 0.2) is 0 Å². The van der Waals surface area contributed by atoms with E-state index in [9.17, 15) is 14.0 Å². The Kier molecular flexibility index (Phi) is 5.14. The molecule has 0 radical (unpaired) electrons. The summed E-state index contributed by atoms with van der Waals surface area (Å²) in [4.78, 5) is 23.9. The van der Waals surface area contributed by atoms with Crippen LogP contribution in [-0.2, 0) is 9.53 Å². The number of aliphatic carboxylic acids is 1. The van der Waals surface area contributed by atoms with Crippen molar-refractivity contribution in [3.63, 3.8) is 0 Å². The van der Waals surface area contributed by atoms with Crippen LogP contribution in [0.4, 0.5) is 9.18 Å². The van der Waals surface area contributed by atoms with Gasteiger partial charge in [-0.2, -0.15) is 0 Å². The van der Waals surface area contributed by atoms with Crippen molar-refractivity contribution < 1.29 is 23.8 Å².